The van der Waals surface area contributed by atoms with E-state index in [-0.39, 0.29) is 6.04 Å². The average Bonchev–Trinajstić information content (AvgIpc) is 2.94. The van der Waals surface area contributed by atoms with Crippen LogP contribution in [0.3, 0.4) is 0 Å². The van der Waals surface area contributed by atoms with Crippen LogP contribution >= 0.6 is 34.5 Å². The molecule has 0 aliphatic rings. The fourth-order valence-electron chi connectivity index (χ4n) is 1.91. The molecule has 1 aromatic carbocycles. The van der Waals surface area contributed by atoms with Crippen molar-refractivity contribution >= 4 is 40.5 Å². The van der Waals surface area contributed by atoms with Gasteiger partial charge in [-0.15, -0.1) is 10.2 Å². The Balaban J connectivity index is 1.98. The molecule has 1 aromatic heterocycles. The van der Waals surface area contributed by atoms with Crippen LogP contribution in [-0.4, -0.2) is 16.2 Å². The number of benzene rings is 1. The van der Waals surface area contributed by atoms with Crippen LogP contribution in [0.1, 0.15) is 48.3 Å². The van der Waals surface area contributed by atoms with E-state index >= 15 is 0 Å². The quantitative estimate of drug-likeness (QED) is 0.611. The fourth-order valence-corrected chi connectivity index (χ4v) is 3.26. The van der Waals surface area contributed by atoms with Gasteiger partial charge < -0.3 is 11.1 Å². The van der Waals surface area contributed by atoms with Gasteiger partial charge in [0.15, 0.2) is 5.96 Å². The second-order valence-corrected chi connectivity index (χ2v) is 7.36. The van der Waals surface area contributed by atoms with Gasteiger partial charge in [0.2, 0.25) is 0 Å². The van der Waals surface area contributed by atoms with Gasteiger partial charge in [0.25, 0.3) is 0 Å². The molecule has 0 spiro atoms. The van der Waals surface area contributed by atoms with Crippen LogP contribution in [0.25, 0.3) is 0 Å². The number of hydrogen-bond acceptors (Lipinski definition) is 4. The second-order valence-electron chi connectivity index (χ2n) is 5.42. The van der Waals surface area contributed by atoms with Crippen LogP contribution in [0.2, 0.25) is 10.0 Å². The molecule has 0 saturated heterocycles. The van der Waals surface area contributed by atoms with Gasteiger partial charge in [-0.1, -0.05) is 54.5 Å². The number of nitrogens with zero attached hydrogens (tertiary/aromatic N) is 3. The van der Waals surface area contributed by atoms with Crippen molar-refractivity contribution in [2.45, 2.75) is 39.3 Å². The zero-order valence-electron chi connectivity index (χ0n) is 13.2. The van der Waals surface area contributed by atoms with Crippen molar-refractivity contribution in [3.63, 3.8) is 0 Å². The predicted molar refractivity (Wildman–Crippen MR) is 97.3 cm³/mol. The van der Waals surface area contributed by atoms with Gasteiger partial charge in [-0.2, -0.15) is 0 Å². The molecule has 1 heterocycles. The van der Waals surface area contributed by atoms with E-state index in [0.29, 0.717) is 28.5 Å². The maximum absolute atomic E-state index is 6.19. The summed E-state index contributed by atoms with van der Waals surface area (Å²) in [6, 6.07) is 5.29. The first-order chi connectivity index (χ1) is 10.9. The zero-order valence-corrected chi connectivity index (χ0v) is 15.5. The van der Waals surface area contributed by atoms with E-state index in [4.69, 9.17) is 28.9 Å². The molecule has 2 rings (SSSR count). The van der Waals surface area contributed by atoms with E-state index in [1.165, 1.54) is 0 Å². The fraction of sp³-hybridized carbons (Fsp3) is 0.400. The minimum Gasteiger partial charge on any atom is -0.370 e. The van der Waals surface area contributed by atoms with Gasteiger partial charge in [0.1, 0.15) is 10.0 Å². The highest BCUT2D eigenvalue weighted by atomic mass is 35.5. The third-order valence-electron chi connectivity index (χ3n) is 3.15. The van der Waals surface area contributed by atoms with Gasteiger partial charge in [0, 0.05) is 16.0 Å². The molecule has 1 unspecified atom stereocenters. The number of rotatable bonds is 5. The summed E-state index contributed by atoms with van der Waals surface area (Å²) in [4.78, 5) is 4.30. The van der Waals surface area contributed by atoms with Crippen LogP contribution in [0.4, 0.5) is 0 Å². The van der Waals surface area contributed by atoms with Crippen LogP contribution < -0.4 is 11.1 Å². The standard InChI is InChI=1S/C15H19Cl2N5S/c1-8(2)14-22-21-13(23-14)7-19-15(18)20-9(3)11-5-4-10(16)6-12(11)17/h4-6,8-9H,7H2,1-3H3,(H3,18,19,20). The van der Waals surface area contributed by atoms with E-state index in [0.717, 1.165) is 15.6 Å². The molecule has 0 radical (unpaired) electrons. The van der Waals surface area contributed by atoms with Gasteiger partial charge in [-0.3, -0.25) is 0 Å². The Morgan fingerprint density at radius 1 is 1.30 bits per heavy atom. The molecule has 1 atom stereocenters. The van der Waals surface area contributed by atoms with Crippen molar-refractivity contribution in [3.05, 3.63) is 43.8 Å². The molecule has 0 bridgehead atoms. The normalized spacial score (nSPS) is 13.4. The van der Waals surface area contributed by atoms with Crippen LogP contribution in [0.15, 0.2) is 23.2 Å². The number of guanidine groups is 1. The summed E-state index contributed by atoms with van der Waals surface area (Å²) in [5, 5.41) is 14.4. The van der Waals surface area contributed by atoms with Crippen molar-refractivity contribution < 1.29 is 0 Å². The number of aliphatic imine (C=N–C) groups is 1. The average molecular weight is 372 g/mol. The van der Waals surface area contributed by atoms with Crippen LogP contribution in [-0.2, 0) is 6.54 Å². The molecule has 0 fully saturated rings. The molecule has 8 heteroatoms. The highest BCUT2D eigenvalue weighted by molar-refractivity contribution is 7.11. The predicted octanol–water partition coefficient (Wildman–Crippen LogP) is 4.13. The third kappa shape index (κ3) is 5.06. The van der Waals surface area contributed by atoms with Gasteiger partial charge in [0.05, 0.1) is 12.6 Å². The largest absolute Gasteiger partial charge is 0.370 e. The Morgan fingerprint density at radius 3 is 2.65 bits per heavy atom. The van der Waals surface area contributed by atoms with E-state index in [1.807, 2.05) is 13.0 Å². The molecule has 124 valence electrons. The molecular formula is C15H19Cl2N5S. The van der Waals surface area contributed by atoms with Gasteiger partial charge >= 0.3 is 0 Å². The lowest BCUT2D eigenvalue weighted by atomic mass is 10.1. The minimum atomic E-state index is -0.0795. The Kier molecular flexibility index (Phi) is 6.21. The summed E-state index contributed by atoms with van der Waals surface area (Å²) in [7, 11) is 0. The first kappa shape index (κ1) is 18.0. The van der Waals surface area contributed by atoms with Gasteiger partial charge in [-0.25, -0.2) is 4.99 Å². The molecular weight excluding hydrogens is 353 g/mol. The number of nitrogens with two attached hydrogens (primary N) is 1. The smallest absolute Gasteiger partial charge is 0.189 e. The Bertz CT molecular complexity index is 699. The summed E-state index contributed by atoms with van der Waals surface area (Å²) >= 11 is 13.6. The van der Waals surface area contributed by atoms with E-state index in [9.17, 15) is 0 Å². The molecule has 3 N–H and O–H groups in total. The van der Waals surface area contributed by atoms with E-state index < -0.39 is 0 Å². The van der Waals surface area contributed by atoms with Crippen molar-refractivity contribution in [1.82, 2.24) is 15.5 Å². The number of halogens is 2. The summed E-state index contributed by atoms with van der Waals surface area (Å²) in [6.45, 7) is 6.53. The molecule has 0 amide bonds. The molecule has 2 aromatic rings. The summed E-state index contributed by atoms with van der Waals surface area (Å²) in [5.74, 6) is 0.706. The molecule has 0 aliphatic carbocycles. The lowest BCUT2D eigenvalue weighted by molar-refractivity contribution is 0.707. The third-order valence-corrected chi connectivity index (χ3v) is 4.93. The van der Waals surface area contributed by atoms with Crippen molar-refractivity contribution in [2.75, 3.05) is 0 Å². The minimum absolute atomic E-state index is 0.0795. The Morgan fingerprint density at radius 2 is 2.04 bits per heavy atom. The van der Waals surface area contributed by atoms with Crippen molar-refractivity contribution in [3.8, 4) is 0 Å². The molecule has 0 aliphatic heterocycles. The molecule has 23 heavy (non-hydrogen) atoms. The van der Waals surface area contributed by atoms with Crippen molar-refractivity contribution in [1.29, 1.82) is 0 Å². The van der Waals surface area contributed by atoms with Crippen molar-refractivity contribution in [2.24, 2.45) is 10.7 Å². The second kappa shape index (κ2) is 7.95. The summed E-state index contributed by atoms with van der Waals surface area (Å²) in [6.07, 6.45) is 0. The SMILES string of the molecule is CC(C)c1nnc(CN=C(N)NC(C)c2ccc(Cl)cc2Cl)s1. The summed E-state index contributed by atoms with van der Waals surface area (Å²) in [5.41, 5.74) is 6.84. The first-order valence-corrected chi connectivity index (χ1v) is 8.77. The number of hydrogen-bond donors (Lipinski definition) is 2. The zero-order chi connectivity index (χ0) is 17.0. The van der Waals surface area contributed by atoms with E-state index in [1.54, 1.807) is 23.5 Å². The Hall–Kier alpha value is -1.37. The lowest BCUT2D eigenvalue weighted by Crippen LogP contribution is -2.34. The highest BCUT2D eigenvalue weighted by Gasteiger charge is 2.11. The monoisotopic (exact) mass is 371 g/mol. The lowest BCUT2D eigenvalue weighted by Gasteiger charge is -2.16. The Labute approximate surface area is 149 Å². The highest BCUT2D eigenvalue weighted by Crippen LogP contribution is 2.26. The number of aromatic nitrogens is 2. The number of nitrogens with one attached hydrogen (secondary N) is 1. The maximum atomic E-state index is 6.19. The summed E-state index contributed by atoms with van der Waals surface area (Å²) < 4.78 is 0. The van der Waals surface area contributed by atoms with Crippen LogP contribution in [0.5, 0.6) is 0 Å². The topological polar surface area (TPSA) is 76.2 Å². The molecule has 5 nitrogen and oxygen atoms in total. The van der Waals surface area contributed by atoms with Crippen LogP contribution in [0, 0.1) is 0 Å². The molecule has 0 saturated carbocycles. The first-order valence-electron chi connectivity index (χ1n) is 7.20. The van der Waals surface area contributed by atoms with Gasteiger partial charge in [-0.05, 0) is 24.6 Å². The van der Waals surface area contributed by atoms with E-state index in [2.05, 4.69) is 34.4 Å². The maximum Gasteiger partial charge on any atom is 0.189 e.